The third-order valence-electron chi connectivity index (χ3n) is 7.13. The first-order valence-corrected chi connectivity index (χ1v) is 15.5. The van der Waals surface area contributed by atoms with Crippen LogP contribution in [0, 0.1) is 19.8 Å². The molecule has 0 spiro atoms. The molecule has 2 amide bonds. The van der Waals surface area contributed by atoms with Gasteiger partial charge in [-0.2, -0.15) is 4.31 Å². The molecule has 3 aromatic carbocycles. The van der Waals surface area contributed by atoms with E-state index in [1.54, 1.807) is 30.3 Å². The predicted octanol–water partition coefficient (Wildman–Crippen LogP) is 4.06. The Morgan fingerprint density at radius 2 is 1.69 bits per heavy atom. The molecule has 0 aromatic heterocycles. The summed E-state index contributed by atoms with van der Waals surface area (Å²) in [6, 6.07) is 22.4. The van der Waals surface area contributed by atoms with Crippen molar-refractivity contribution in [2.24, 2.45) is 5.92 Å². The van der Waals surface area contributed by atoms with Crippen LogP contribution in [0.15, 0.2) is 83.8 Å². The summed E-state index contributed by atoms with van der Waals surface area (Å²) in [6.45, 7) is 7.57. The van der Waals surface area contributed by atoms with Crippen molar-refractivity contribution in [3.05, 3.63) is 95.6 Å². The average Bonchev–Trinajstić information content (AvgIpc) is 3.34. The van der Waals surface area contributed by atoms with Crippen molar-refractivity contribution >= 4 is 27.7 Å². The lowest BCUT2D eigenvalue weighted by atomic mass is 10.0. The van der Waals surface area contributed by atoms with Crippen LogP contribution in [0.5, 0.6) is 0 Å². The van der Waals surface area contributed by atoms with Gasteiger partial charge in [-0.3, -0.25) is 9.69 Å². The van der Waals surface area contributed by atoms with E-state index in [9.17, 15) is 23.1 Å². The van der Waals surface area contributed by atoms with Crippen LogP contribution in [0.25, 0.3) is 0 Å². The van der Waals surface area contributed by atoms with Crippen LogP contribution in [-0.4, -0.2) is 67.7 Å². The van der Waals surface area contributed by atoms with Gasteiger partial charge in [-0.1, -0.05) is 74.0 Å². The van der Waals surface area contributed by atoms with Crippen LogP contribution in [0.4, 0.5) is 10.5 Å². The number of hydrogen-bond donors (Lipinski definition) is 2. The van der Waals surface area contributed by atoms with E-state index in [1.807, 2.05) is 76.2 Å². The molecule has 0 unspecified atom stereocenters. The molecule has 4 rings (SSSR count). The summed E-state index contributed by atoms with van der Waals surface area (Å²) < 4.78 is 33.9. The molecular weight excluding hydrogens is 554 g/mol. The van der Waals surface area contributed by atoms with Crippen LogP contribution in [-0.2, 0) is 26.0 Å². The molecule has 1 heterocycles. The number of carbonyl (C=O) groups excluding carboxylic acids is 2. The fourth-order valence-electron chi connectivity index (χ4n) is 4.91. The maximum absolute atomic E-state index is 13.6. The molecule has 9 nitrogen and oxygen atoms in total. The van der Waals surface area contributed by atoms with Crippen LogP contribution in [0.1, 0.15) is 30.5 Å². The number of benzene rings is 3. The molecule has 42 heavy (non-hydrogen) atoms. The Morgan fingerprint density at radius 3 is 2.33 bits per heavy atom. The van der Waals surface area contributed by atoms with E-state index >= 15 is 0 Å². The highest BCUT2D eigenvalue weighted by atomic mass is 32.2. The predicted molar refractivity (Wildman–Crippen MR) is 162 cm³/mol. The van der Waals surface area contributed by atoms with E-state index in [4.69, 9.17) is 4.74 Å². The van der Waals surface area contributed by atoms with Gasteiger partial charge in [0.1, 0.15) is 0 Å². The minimum absolute atomic E-state index is 0.00917. The van der Waals surface area contributed by atoms with E-state index in [1.165, 1.54) is 9.21 Å². The second kappa shape index (κ2) is 13.5. The lowest BCUT2D eigenvalue weighted by Gasteiger charge is -2.31. The standard InChI is InChI=1S/C32H39N3O6S/c1-22(2)19-34(42(39,40)27-15-13-23(3)14-16-27)20-29(36)28(18-25-10-6-5-7-11-25)33-31(37)30-21-35(32(38)41-30)26-12-8-9-24(4)17-26/h5-17,22,28-30,36H,18-21H2,1-4H3,(H,33,37)/t28-,29+,30-/m0/s1. The van der Waals surface area contributed by atoms with Gasteiger partial charge in [0.2, 0.25) is 10.0 Å². The molecular formula is C32H39N3O6S. The molecule has 224 valence electrons. The second-order valence-electron chi connectivity index (χ2n) is 11.2. The van der Waals surface area contributed by atoms with Gasteiger partial charge in [-0.15, -0.1) is 0 Å². The Labute approximate surface area is 248 Å². The number of nitrogens with zero attached hydrogens (tertiary/aromatic N) is 2. The highest BCUT2D eigenvalue weighted by Gasteiger charge is 2.39. The Hall–Kier alpha value is -3.73. The second-order valence-corrected chi connectivity index (χ2v) is 13.2. The van der Waals surface area contributed by atoms with E-state index in [0.29, 0.717) is 5.69 Å². The molecule has 1 fully saturated rings. The molecule has 3 aromatic rings. The Balaban J connectivity index is 1.55. The van der Waals surface area contributed by atoms with Gasteiger partial charge in [0, 0.05) is 18.8 Å². The molecule has 3 atom stereocenters. The molecule has 1 saturated heterocycles. The van der Waals surface area contributed by atoms with Crippen molar-refractivity contribution in [2.45, 2.75) is 57.3 Å². The number of anilines is 1. The van der Waals surface area contributed by atoms with Crippen LogP contribution < -0.4 is 10.2 Å². The summed E-state index contributed by atoms with van der Waals surface area (Å²) in [4.78, 5) is 27.6. The highest BCUT2D eigenvalue weighted by Crippen LogP contribution is 2.24. The average molecular weight is 594 g/mol. The Kier molecular flexibility index (Phi) is 10.0. The van der Waals surface area contributed by atoms with Crippen molar-refractivity contribution < 1.29 is 27.9 Å². The summed E-state index contributed by atoms with van der Waals surface area (Å²) in [5, 5.41) is 14.3. The first-order valence-electron chi connectivity index (χ1n) is 14.1. The van der Waals surface area contributed by atoms with Gasteiger partial charge in [0.05, 0.1) is 23.6 Å². The number of hydrogen-bond acceptors (Lipinski definition) is 6. The molecule has 10 heteroatoms. The number of aliphatic hydroxyl groups excluding tert-OH is 1. The normalized spacial score (nSPS) is 16.9. The summed E-state index contributed by atoms with van der Waals surface area (Å²) in [5.74, 6) is -0.569. The van der Waals surface area contributed by atoms with Gasteiger partial charge in [0.25, 0.3) is 5.91 Å². The SMILES string of the molecule is Cc1ccc(S(=O)(=O)N(CC(C)C)C[C@@H](O)[C@H](Cc2ccccc2)NC(=O)[C@@H]2CN(c3cccc(C)c3)C(=O)O2)cc1. The maximum atomic E-state index is 13.6. The topological polar surface area (TPSA) is 116 Å². The van der Waals surface area contributed by atoms with Crippen LogP contribution in [0.2, 0.25) is 0 Å². The summed E-state index contributed by atoms with van der Waals surface area (Å²) in [6.07, 6.45) is -2.73. The Morgan fingerprint density at radius 1 is 1.00 bits per heavy atom. The van der Waals surface area contributed by atoms with Gasteiger partial charge >= 0.3 is 6.09 Å². The zero-order valence-corrected chi connectivity index (χ0v) is 25.3. The van der Waals surface area contributed by atoms with Gasteiger partial charge in [-0.05, 0) is 61.6 Å². The lowest BCUT2D eigenvalue weighted by Crippen LogP contribution is -2.53. The number of nitrogens with one attached hydrogen (secondary N) is 1. The van der Waals surface area contributed by atoms with Crippen molar-refractivity contribution in [1.29, 1.82) is 0 Å². The fraction of sp³-hybridized carbons (Fsp3) is 0.375. The molecule has 2 N–H and O–H groups in total. The molecule has 0 radical (unpaired) electrons. The monoisotopic (exact) mass is 593 g/mol. The summed E-state index contributed by atoms with van der Waals surface area (Å²) >= 11 is 0. The van der Waals surface area contributed by atoms with Crippen molar-refractivity contribution in [3.63, 3.8) is 0 Å². The molecule has 0 aliphatic carbocycles. The van der Waals surface area contributed by atoms with Gasteiger partial charge in [-0.25, -0.2) is 13.2 Å². The third kappa shape index (κ3) is 7.76. The molecule has 1 aliphatic heterocycles. The number of sulfonamides is 1. The van der Waals surface area contributed by atoms with E-state index < -0.39 is 40.3 Å². The lowest BCUT2D eigenvalue weighted by molar-refractivity contribution is -0.129. The number of aryl methyl sites for hydroxylation is 2. The van der Waals surface area contributed by atoms with Crippen molar-refractivity contribution in [1.82, 2.24) is 9.62 Å². The first-order chi connectivity index (χ1) is 19.9. The summed E-state index contributed by atoms with van der Waals surface area (Å²) in [7, 11) is -3.92. The van der Waals surface area contributed by atoms with Crippen LogP contribution in [0.3, 0.4) is 0 Å². The van der Waals surface area contributed by atoms with E-state index in [-0.39, 0.29) is 36.9 Å². The van der Waals surface area contributed by atoms with E-state index in [2.05, 4.69) is 5.32 Å². The largest absolute Gasteiger partial charge is 0.434 e. The summed E-state index contributed by atoms with van der Waals surface area (Å²) in [5.41, 5.74) is 3.37. The highest BCUT2D eigenvalue weighted by molar-refractivity contribution is 7.89. The molecule has 0 saturated carbocycles. The number of aliphatic hydroxyl groups is 1. The zero-order valence-electron chi connectivity index (χ0n) is 24.4. The van der Waals surface area contributed by atoms with Crippen LogP contribution >= 0.6 is 0 Å². The number of rotatable bonds is 12. The minimum atomic E-state index is -3.92. The van der Waals surface area contributed by atoms with Crippen molar-refractivity contribution in [3.8, 4) is 0 Å². The molecule has 1 aliphatic rings. The zero-order chi connectivity index (χ0) is 30.4. The number of cyclic esters (lactones) is 1. The van der Waals surface area contributed by atoms with E-state index in [0.717, 1.165) is 16.7 Å². The molecule has 0 bridgehead atoms. The third-order valence-corrected chi connectivity index (χ3v) is 8.97. The number of carbonyl (C=O) groups is 2. The number of ether oxygens (including phenoxy) is 1. The Bertz CT molecular complexity index is 1480. The minimum Gasteiger partial charge on any atom is -0.434 e. The number of amides is 2. The smallest absolute Gasteiger partial charge is 0.415 e. The van der Waals surface area contributed by atoms with Gasteiger partial charge < -0.3 is 15.2 Å². The first kappa shape index (κ1) is 31.2. The van der Waals surface area contributed by atoms with Gasteiger partial charge in [0.15, 0.2) is 6.10 Å². The van der Waals surface area contributed by atoms with Crippen molar-refractivity contribution in [2.75, 3.05) is 24.5 Å². The quantitative estimate of drug-likeness (QED) is 0.327. The maximum Gasteiger partial charge on any atom is 0.415 e. The fourth-order valence-corrected chi connectivity index (χ4v) is 6.53.